The summed E-state index contributed by atoms with van der Waals surface area (Å²) in [6.07, 6.45) is 8.68. The Hall–Kier alpha value is -2.88. The topological polar surface area (TPSA) is 63.1 Å². The molecule has 1 aliphatic carbocycles. The van der Waals surface area contributed by atoms with Crippen LogP contribution in [0.15, 0.2) is 60.6 Å². The third kappa shape index (κ3) is 5.78. The van der Waals surface area contributed by atoms with E-state index in [1.807, 2.05) is 33.9 Å². The minimum atomic E-state index is -0.126. The van der Waals surface area contributed by atoms with Gasteiger partial charge in [0.05, 0.1) is 5.76 Å². The first-order chi connectivity index (χ1) is 18.7. The predicted molar refractivity (Wildman–Crippen MR) is 162 cm³/mol. The summed E-state index contributed by atoms with van der Waals surface area (Å²) >= 11 is 0. The van der Waals surface area contributed by atoms with Crippen molar-refractivity contribution in [2.45, 2.75) is 79.6 Å². The minimum Gasteiger partial charge on any atom is -0.512 e. The fourth-order valence-corrected chi connectivity index (χ4v) is 5.98. The van der Waals surface area contributed by atoms with Crippen molar-refractivity contribution in [3.8, 4) is 11.3 Å². The van der Waals surface area contributed by atoms with Gasteiger partial charge in [-0.3, -0.25) is 9.78 Å². The van der Waals surface area contributed by atoms with E-state index in [4.69, 9.17) is 4.98 Å². The molecule has 1 radical (unpaired) electrons. The number of aliphatic hydroxyl groups is 1. The zero-order valence-electron chi connectivity index (χ0n) is 24.8. The first kappa shape index (κ1) is 31.6. The average molecular weight is 714 g/mol. The van der Waals surface area contributed by atoms with Gasteiger partial charge in [-0.2, -0.15) is 11.6 Å². The molecule has 213 valence electrons. The summed E-state index contributed by atoms with van der Waals surface area (Å²) in [5, 5.41) is 13.5. The van der Waals surface area contributed by atoms with Crippen LogP contribution in [-0.2, 0) is 30.3 Å². The second kappa shape index (κ2) is 13.2. The summed E-state index contributed by atoms with van der Waals surface area (Å²) < 4.78 is 0. The van der Waals surface area contributed by atoms with Crippen LogP contribution in [0.5, 0.6) is 0 Å². The summed E-state index contributed by atoms with van der Waals surface area (Å²) in [6, 6.07) is 16.3. The maximum atomic E-state index is 11.7. The standard InChI is InChI=1S/C22H17N2.C13H24O2.Ir/c1-13-6-4-7-14-16(13)12-24-21-15-10-11-23-18-9-5-8-17(19(15)18)22(2,3)20(14)21;1-5-10(6-2)12(14)9-13(15)11(7-3)8-4;/h4-9,11-12H,1-3H3;9-11,14H,5-8H2,1-4H3;/q-1;;/b;12-9-;. The van der Waals surface area contributed by atoms with Gasteiger partial charge in [0.1, 0.15) is 0 Å². The Morgan fingerprint density at radius 2 is 1.60 bits per heavy atom. The number of aliphatic hydroxyl groups excluding tert-OH is 1. The predicted octanol–water partition coefficient (Wildman–Crippen LogP) is 9.07. The Kier molecular flexibility index (Phi) is 10.4. The van der Waals surface area contributed by atoms with Crippen molar-refractivity contribution in [1.82, 2.24) is 9.97 Å². The van der Waals surface area contributed by atoms with Gasteiger partial charge in [0.15, 0.2) is 5.78 Å². The normalized spacial score (nSPS) is 13.6. The van der Waals surface area contributed by atoms with Crippen LogP contribution in [0.4, 0.5) is 0 Å². The van der Waals surface area contributed by atoms with Crippen LogP contribution in [0.1, 0.15) is 83.9 Å². The van der Waals surface area contributed by atoms with Gasteiger partial charge in [0.25, 0.3) is 0 Å². The number of hydrogen-bond acceptors (Lipinski definition) is 4. The maximum absolute atomic E-state index is 11.7. The monoisotopic (exact) mass is 714 g/mol. The number of pyridine rings is 2. The van der Waals surface area contributed by atoms with Gasteiger partial charge in [0, 0.05) is 55.1 Å². The van der Waals surface area contributed by atoms with Gasteiger partial charge in [-0.25, -0.2) is 0 Å². The van der Waals surface area contributed by atoms with Gasteiger partial charge in [-0.1, -0.05) is 88.4 Å². The molecular weight excluding hydrogens is 673 g/mol. The molecule has 40 heavy (non-hydrogen) atoms. The molecule has 5 rings (SSSR count). The van der Waals surface area contributed by atoms with Crippen LogP contribution >= 0.6 is 0 Å². The average Bonchev–Trinajstić information content (AvgIpc) is 2.93. The Labute approximate surface area is 252 Å². The van der Waals surface area contributed by atoms with E-state index >= 15 is 0 Å². The van der Waals surface area contributed by atoms with Crippen LogP contribution in [0.25, 0.3) is 32.9 Å². The van der Waals surface area contributed by atoms with Crippen molar-refractivity contribution in [3.05, 3.63) is 83.4 Å². The molecule has 0 bridgehead atoms. The molecule has 0 amide bonds. The van der Waals surface area contributed by atoms with E-state index in [2.05, 4.69) is 68.2 Å². The molecular formula is C35H41IrN2O2-. The van der Waals surface area contributed by atoms with Crippen LogP contribution in [0.3, 0.4) is 0 Å². The van der Waals surface area contributed by atoms with Crippen molar-refractivity contribution in [2.75, 3.05) is 0 Å². The number of ketones is 1. The molecule has 1 N–H and O–H groups in total. The molecule has 0 fully saturated rings. The van der Waals surface area contributed by atoms with E-state index in [9.17, 15) is 9.90 Å². The molecule has 0 spiro atoms. The third-order valence-corrected chi connectivity index (χ3v) is 8.48. The van der Waals surface area contributed by atoms with Gasteiger partial charge in [-0.05, 0) is 66.9 Å². The number of aryl methyl sites for hydroxylation is 1. The van der Waals surface area contributed by atoms with E-state index < -0.39 is 0 Å². The number of nitrogens with zero attached hydrogens (tertiary/aromatic N) is 2. The maximum Gasteiger partial charge on any atom is 0.162 e. The van der Waals surface area contributed by atoms with Crippen molar-refractivity contribution in [1.29, 1.82) is 0 Å². The Bertz CT molecular complexity index is 1530. The van der Waals surface area contributed by atoms with Crippen molar-refractivity contribution in [2.24, 2.45) is 11.8 Å². The number of allylic oxidation sites excluding steroid dienone is 2. The Morgan fingerprint density at radius 1 is 0.950 bits per heavy atom. The van der Waals surface area contributed by atoms with Crippen molar-refractivity contribution in [3.63, 3.8) is 0 Å². The number of benzene rings is 2. The second-order valence-corrected chi connectivity index (χ2v) is 11.1. The van der Waals surface area contributed by atoms with Crippen LogP contribution in [0, 0.1) is 24.8 Å². The smallest absolute Gasteiger partial charge is 0.162 e. The molecule has 0 saturated carbocycles. The molecule has 0 unspecified atom stereocenters. The van der Waals surface area contributed by atoms with Crippen LogP contribution in [-0.4, -0.2) is 20.9 Å². The summed E-state index contributed by atoms with van der Waals surface area (Å²) in [6.45, 7) is 14.8. The zero-order chi connectivity index (χ0) is 28.3. The molecule has 0 aliphatic heterocycles. The molecule has 2 aromatic heterocycles. The fraction of sp³-hybridized carbons (Fsp3) is 0.400. The molecule has 0 atom stereocenters. The van der Waals surface area contributed by atoms with Gasteiger partial charge < -0.3 is 10.1 Å². The number of carbonyl (C=O) groups excluding carboxylic acids is 1. The molecule has 1 aliphatic rings. The van der Waals surface area contributed by atoms with Crippen molar-refractivity contribution >= 4 is 27.5 Å². The number of rotatable bonds is 7. The second-order valence-electron chi connectivity index (χ2n) is 11.1. The summed E-state index contributed by atoms with van der Waals surface area (Å²) in [4.78, 5) is 21.1. The first-order valence-corrected chi connectivity index (χ1v) is 14.3. The number of carbonyl (C=O) groups is 1. The van der Waals surface area contributed by atoms with E-state index in [-0.39, 0.29) is 48.9 Å². The van der Waals surface area contributed by atoms with Crippen molar-refractivity contribution < 1.29 is 30.0 Å². The Morgan fingerprint density at radius 3 is 2.25 bits per heavy atom. The van der Waals surface area contributed by atoms with E-state index in [1.165, 1.54) is 38.9 Å². The van der Waals surface area contributed by atoms with Crippen LogP contribution in [0.2, 0.25) is 0 Å². The number of hydrogen-bond donors (Lipinski definition) is 1. The molecule has 5 heteroatoms. The molecule has 0 saturated heterocycles. The van der Waals surface area contributed by atoms with Gasteiger partial charge >= 0.3 is 0 Å². The SMILES string of the molecule is CCC(CC)C(=O)/C=C(\O)C(CC)CC.Cc1cccc2c3c(ncc12)-c1[c-]cnc2cccc(c12)C3(C)C.[Ir]. The molecule has 2 aromatic carbocycles. The molecule has 4 nitrogen and oxygen atoms in total. The number of aromatic nitrogens is 2. The Balaban J connectivity index is 0.000000243. The summed E-state index contributed by atoms with van der Waals surface area (Å²) in [5.74, 6) is 0.547. The molecule has 2 heterocycles. The molecule has 4 aromatic rings. The van der Waals surface area contributed by atoms with E-state index in [0.29, 0.717) is 0 Å². The van der Waals surface area contributed by atoms with Crippen LogP contribution < -0.4 is 0 Å². The third-order valence-electron chi connectivity index (χ3n) is 8.48. The quantitative estimate of drug-likeness (QED) is 0.118. The summed E-state index contributed by atoms with van der Waals surface area (Å²) in [7, 11) is 0. The fourth-order valence-electron chi connectivity index (χ4n) is 5.98. The van der Waals surface area contributed by atoms with Gasteiger partial charge in [-0.15, -0.1) is 0 Å². The van der Waals surface area contributed by atoms with Gasteiger partial charge in [0.2, 0.25) is 0 Å². The summed E-state index contributed by atoms with van der Waals surface area (Å²) in [5.41, 5.74) is 6.89. The number of fused-ring (bicyclic) bond motifs is 4. The van der Waals surface area contributed by atoms with E-state index in [0.717, 1.165) is 42.5 Å². The van der Waals surface area contributed by atoms with E-state index in [1.54, 1.807) is 6.20 Å². The largest absolute Gasteiger partial charge is 0.512 e. The zero-order valence-corrected chi connectivity index (χ0v) is 27.2. The minimum absolute atomic E-state index is 0. The first-order valence-electron chi connectivity index (χ1n) is 14.3.